The fraction of sp³-hybridized carbons (Fsp3) is 0.556. The Kier molecular flexibility index (Phi) is 4.49. The molecule has 0 spiro atoms. The fourth-order valence-electron chi connectivity index (χ4n) is 3.91. The number of carbonyl (C=O) groups is 2. The quantitative estimate of drug-likeness (QED) is 0.898. The molecular formula is C18H24N2O4. The summed E-state index contributed by atoms with van der Waals surface area (Å²) in [5, 5.41) is 9.76. The lowest BCUT2D eigenvalue weighted by molar-refractivity contribution is -0.154. The van der Waals surface area contributed by atoms with Crippen LogP contribution in [0.15, 0.2) is 24.3 Å². The highest BCUT2D eigenvalue weighted by Gasteiger charge is 2.55. The molecule has 1 aromatic carbocycles. The van der Waals surface area contributed by atoms with Crippen molar-refractivity contribution in [2.24, 2.45) is 11.3 Å². The van der Waals surface area contributed by atoms with Crippen LogP contribution in [0.4, 0.5) is 0 Å². The Labute approximate surface area is 142 Å². The number of amides is 1. The van der Waals surface area contributed by atoms with Gasteiger partial charge < -0.3 is 19.6 Å². The summed E-state index contributed by atoms with van der Waals surface area (Å²) >= 11 is 0. The van der Waals surface area contributed by atoms with Crippen molar-refractivity contribution in [2.45, 2.75) is 13.3 Å². The monoisotopic (exact) mass is 332 g/mol. The second-order valence-corrected chi connectivity index (χ2v) is 7.01. The molecule has 0 aliphatic carbocycles. The van der Waals surface area contributed by atoms with Crippen LogP contribution in [0.1, 0.15) is 12.0 Å². The van der Waals surface area contributed by atoms with E-state index in [0.29, 0.717) is 18.8 Å². The molecule has 0 aromatic heterocycles. The number of para-hydroxylation sites is 1. The van der Waals surface area contributed by atoms with Gasteiger partial charge in [-0.15, -0.1) is 0 Å². The molecule has 6 heteroatoms. The van der Waals surface area contributed by atoms with Crippen LogP contribution < -0.4 is 4.74 Å². The van der Waals surface area contributed by atoms with E-state index >= 15 is 0 Å². The lowest BCUT2D eigenvalue weighted by Crippen LogP contribution is -2.52. The maximum absolute atomic E-state index is 12.5. The van der Waals surface area contributed by atoms with Gasteiger partial charge >= 0.3 is 5.97 Å². The Morgan fingerprint density at radius 3 is 2.79 bits per heavy atom. The number of nitrogens with zero attached hydrogens (tertiary/aromatic N) is 2. The van der Waals surface area contributed by atoms with Gasteiger partial charge in [0.25, 0.3) is 5.91 Å². The number of benzene rings is 1. The molecule has 3 rings (SSSR count). The maximum atomic E-state index is 12.5. The predicted octanol–water partition coefficient (Wildman–Crippen LogP) is 1.24. The normalized spacial score (nSPS) is 26.9. The Morgan fingerprint density at radius 2 is 2.08 bits per heavy atom. The van der Waals surface area contributed by atoms with Crippen molar-refractivity contribution in [1.29, 1.82) is 0 Å². The van der Waals surface area contributed by atoms with E-state index in [2.05, 4.69) is 0 Å². The molecule has 0 bridgehead atoms. The summed E-state index contributed by atoms with van der Waals surface area (Å²) < 4.78 is 5.63. The number of likely N-dealkylation sites (tertiary alicyclic amines) is 2. The van der Waals surface area contributed by atoms with Crippen LogP contribution in [0.2, 0.25) is 0 Å². The molecular weight excluding hydrogens is 308 g/mol. The summed E-state index contributed by atoms with van der Waals surface area (Å²) in [6, 6.07) is 7.55. The lowest BCUT2D eigenvalue weighted by atomic mass is 9.73. The van der Waals surface area contributed by atoms with Gasteiger partial charge in [-0.1, -0.05) is 18.2 Å². The van der Waals surface area contributed by atoms with E-state index < -0.39 is 11.4 Å². The molecule has 130 valence electrons. The van der Waals surface area contributed by atoms with Crippen molar-refractivity contribution in [3.63, 3.8) is 0 Å². The molecule has 0 saturated carbocycles. The van der Waals surface area contributed by atoms with Crippen molar-refractivity contribution in [3.05, 3.63) is 29.8 Å². The molecule has 2 aliphatic rings. The number of aliphatic carboxylic acids is 1. The zero-order valence-electron chi connectivity index (χ0n) is 14.2. The van der Waals surface area contributed by atoms with E-state index in [0.717, 1.165) is 18.5 Å². The number of fused-ring (bicyclic) bond motifs is 1. The molecule has 2 saturated heterocycles. The minimum Gasteiger partial charge on any atom is -0.484 e. The van der Waals surface area contributed by atoms with E-state index in [9.17, 15) is 14.7 Å². The third-order valence-electron chi connectivity index (χ3n) is 5.33. The standard InChI is InChI=1S/C18H24N2O4/c1-13-5-3-4-6-15(13)24-10-16(21)20-9-14-7-8-19(2)11-18(14,12-20)17(22)23/h3-6,14H,7-12H2,1-2H3,(H,22,23)/t14-,18-/m1/s1. The molecule has 6 nitrogen and oxygen atoms in total. The van der Waals surface area contributed by atoms with Gasteiger partial charge in [-0.05, 0) is 44.5 Å². The molecule has 1 amide bonds. The van der Waals surface area contributed by atoms with Gasteiger partial charge in [-0.3, -0.25) is 9.59 Å². The molecule has 2 atom stereocenters. The highest BCUT2D eigenvalue weighted by atomic mass is 16.5. The second-order valence-electron chi connectivity index (χ2n) is 7.01. The zero-order valence-corrected chi connectivity index (χ0v) is 14.2. The second kappa shape index (κ2) is 6.43. The van der Waals surface area contributed by atoms with Crippen molar-refractivity contribution in [2.75, 3.05) is 39.8 Å². The van der Waals surface area contributed by atoms with Crippen LogP contribution in [0.25, 0.3) is 0 Å². The van der Waals surface area contributed by atoms with E-state index in [-0.39, 0.29) is 25.0 Å². The average Bonchev–Trinajstić information content (AvgIpc) is 2.94. The number of carboxylic acids is 1. The first kappa shape index (κ1) is 16.8. The summed E-state index contributed by atoms with van der Waals surface area (Å²) in [7, 11) is 1.94. The number of piperidine rings is 1. The van der Waals surface area contributed by atoms with E-state index in [1.54, 1.807) is 4.90 Å². The maximum Gasteiger partial charge on any atom is 0.313 e. The van der Waals surface area contributed by atoms with Crippen LogP contribution >= 0.6 is 0 Å². The molecule has 24 heavy (non-hydrogen) atoms. The molecule has 1 N–H and O–H groups in total. The Morgan fingerprint density at radius 1 is 1.33 bits per heavy atom. The van der Waals surface area contributed by atoms with Crippen molar-refractivity contribution >= 4 is 11.9 Å². The van der Waals surface area contributed by atoms with E-state index in [1.165, 1.54) is 0 Å². The van der Waals surface area contributed by atoms with E-state index in [1.807, 2.05) is 43.1 Å². The molecule has 0 radical (unpaired) electrons. The van der Waals surface area contributed by atoms with Gasteiger partial charge in [0.2, 0.25) is 0 Å². The minimum atomic E-state index is -0.842. The third-order valence-corrected chi connectivity index (χ3v) is 5.33. The highest BCUT2D eigenvalue weighted by molar-refractivity contribution is 5.82. The number of carboxylic acid groups (broad SMARTS) is 1. The van der Waals surface area contributed by atoms with Gasteiger partial charge in [0, 0.05) is 19.6 Å². The molecule has 0 unspecified atom stereocenters. The lowest BCUT2D eigenvalue weighted by Gasteiger charge is -2.39. The van der Waals surface area contributed by atoms with Crippen LogP contribution in [0.5, 0.6) is 5.75 Å². The van der Waals surface area contributed by atoms with Gasteiger partial charge in [0.05, 0.1) is 0 Å². The summed E-state index contributed by atoms with van der Waals surface area (Å²) in [4.78, 5) is 28.1. The first-order chi connectivity index (χ1) is 11.4. The smallest absolute Gasteiger partial charge is 0.313 e. The van der Waals surface area contributed by atoms with Gasteiger partial charge in [0.15, 0.2) is 6.61 Å². The Balaban J connectivity index is 1.67. The first-order valence-electron chi connectivity index (χ1n) is 8.30. The number of aryl methyl sites for hydroxylation is 1. The van der Waals surface area contributed by atoms with Crippen LogP contribution in [-0.4, -0.2) is 66.6 Å². The average molecular weight is 332 g/mol. The summed E-state index contributed by atoms with van der Waals surface area (Å²) in [6.07, 6.45) is 0.811. The van der Waals surface area contributed by atoms with Gasteiger partial charge in [-0.2, -0.15) is 0 Å². The van der Waals surface area contributed by atoms with Crippen LogP contribution in [-0.2, 0) is 9.59 Å². The first-order valence-corrected chi connectivity index (χ1v) is 8.30. The molecule has 2 heterocycles. The topological polar surface area (TPSA) is 70.1 Å². The largest absolute Gasteiger partial charge is 0.484 e. The number of ether oxygens (including phenoxy) is 1. The Bertz CT molecular complexity index is 648. The van der Waals surface area contributed by atoms with E-state index in [4.69, 9.17) is 4.74 Å². The van der Waals surface area contributed by atoms with Crippen molar-refractivity contribution in [3.8, 4) is 5.75 Å². The molecule has 2 aliphatic heterocycles. The molecule has 1 aromatic rings. The minimum absolute atomic E-state index is 0.0219. The zero-order chi connectivity index (χ0) is 17.3. The SMILES string of the molecule is Cc1ccccc1OCC(=O)N1C[C@H]2CCN(C)C[C@@]2(C(=O)O)C1. The Hall–Kier alpha value is -2.08. The molecule has 2 fully saturated rings. The summed E-state index contributed by atoms with van der Waals surface area (Å²) in [6.45, 7) is 4.03. The summed E-state index contributed by atoms with van der Waals surface area (Å²) in [5.41, 5.74) is 0.134. The van der Waals surface area contributed by atoms with Crippen molar-refractivity contribution < 1.29 is 19.4 Å². The predicted molar refractivity (Wildman–Crippen MR) is 88.9 cm³/mol. The van der Waals surface area contributed by atoms with Crippen LogP contribution in [0.3, 0.4) is 0 Å². The van der Waals surface area contributed by atoms with Gasteiger partial charge in [0.1, 0.15) is 11.2 Å². The van der Waals surface area contributed by atoms with Gasteiger partial charge in [-0.25, -0.2) is 0 Å². The number of carbonyl (C=O) groups excluding carboxylic acids is 1. The highest BCUT2D eigenvalue weighted by Crippen LogP contribution is 2.42. The van der Waals surface area contributed by atoms with Crippen molar-refractivity contribution in [1.82, 2.24) is 9.80 Å². The summed E-state index contributed by atoms with van der Waals surface area (Å²) in [5.74, 6) is -0.228. The third kappa shape index (κ3) is 2.98. The number of rotatable bonds is 4. The van der Waals surface area contributed by atoms with Crippen LogP contribution in [0, 0.1) is 18.3 Å². The fourth-order valence-corrected chi connectivity index (χ4v) is 3.91. The number of hydrogen-bond acceptors (Lipinski definition) is 4. The number of hydrogen-bond donors (Lipinski definition) is 1.